The highest BCUT2D eigenvalue weighted by atomic mass is 79.9. The van der Waals surface area contributed by atoms with Gasteiger partial charge in [0.1, 0.15) is 5.88 Å². The Kier molecular flexibility index (Phi) is 4.22. The van der Waals surface area contributed by atoms with Gasteiger partial charge in [0.05, 0.1) is 5.69 Å². The van der Waals surface area contributed by atoms with Crippen LogP contribution in [0.2, 0.25) is 0 Å². The Hall–Kier alpha value is -0.0600. The summed E-state index contributed by atoms with van der Waals surface area (Å²) in [5.41, 5.74) is 0.702. The third-order valence-electron chi connectivity index (χ3n) is 1.35. The number of halogens is 3. The molecule has 1 aromatic rings. The molecule has 0 aromatic heterocycles. The Morgan fingerprint density at radius 2 is 1.92 bits per heavy atom. The van der Waals surface area contributed by atoms with E-state index in [1.165, 1.54) is 0 Å². The van der Waals surface area contributed by atoms with Crippen LogP contribution in [-0.4, -0.2) is 11.8 Å². The summed E-state index contributed by atoms with van der Waals surface area (Å²) in [6.45, 7) is 0. The molecule has 1 rings (SSSR count). The average molecular weight is 327 g/mol. The number of amides is 1. The zero-order valence-corrected chi connectivity index (χ0v) is 10.4. The molecule has 1 amide bonds. The predicted octanol–water partition coefficient (Wildman–Crippen LogP) is 3.39. The van der Waals surface area contributed by atoms with E-state index in [1.54, 1.807) is 0 Å². The molecule has 0 heterocycles. The minimum atomic E-state index is -0.228. The van der Waals surface area contributed by atoms with Crippen molar-refractivity contribution in [2.75, 3.05) is 11.2 Å². The molecule has 0 radical (unpaired) electrons. The number of anilines is 1. The van der Waals surface area contributed by atoms with Gasteiger partial charge in [-0.2, -0.15) is 0 Å². The van der Waals surface area contributed by atoms with Crippen molar-refractivity contribution in [3.8, 4) is 0 Å². The lowest BCUT2D eigenvalue weighted by Crippen LogP contribution is -2.13. The number of alkyl halides is 1. The molecule has 13 heavy (non-hydrogen) atoms. The lowest BCUT2D eigenvalue weighted by atomic mass is 10.3. The Bertz CT molecular complexity index is 310. The van der Waals surface area contributed by atoms with Gasteiger partial charge in [-0.15, -0.1) is 11.6 Å². The molecule has 0 saturated carbocycles. The summed E-state index contributed by atoms with van der Waals surface area (Å²) in [6.07, 6.45) is 0. The second kappa shape index (κ2) is 4.98. The molecule has 1 N–H and O–H groups in total. The monoisotopic (exact) mass is 325 g/mol. The van der Waals surface area contributed by atoms with Gasteiger partial charge in [-0.25, -0.2) is 0 Å². The molecular weight excluding hydrogens is 321 g/mol. The number of carbonyl (C=O) groups is 1. The van der Waals surface area contributed by atoms with E-state index in [-0.39, 0.29) is 11.8 Å². The van der Waals surface area contributed by atoms with E-state index in [9.17, 15) is 4.79 Å². The number of hydrogen-bond donors (Lipinski definition) is 1. The summed E-state index contributed by atoms with van der Waals surface area (Å²) in [7, 11) is 0. The van der Waals surface area contributed by atoms with Crippen LogP contribution in [0.4, 0.5) is 5.69 Å². The molecule has 0 saturated heterocycles. The molecule has 0 spiro atoms. The maximum atomic E-state index is 11.0. The number of hydrogen-bond acceptors (Lipinski definition) is 1. The number of carbonyl (C=O) groups excluding carboxylic acids is 1. The maximum absolute atomic E-state index is 11.0. The van der Waals surface area contributed by atoms with Crippen LogP contribution in [0.1, 0.15) is 0 Å². The first-order valence-electron chi connectivity index (χ1n) is 3.45. The lowest BCUT2D eigenvalue weighted by molar-refractivity contribution is -0.113. The van der Waals surface area contributed by atoms with Gasteiger partial charge in [0, 0.05) is 8.95 Å². The van der Waals surface area contributed by atoms with E-state index in [0.29, 0.717) is 5.69 Å². The zero-order valence-electron chi connectivity index (χ0n) is 6.48. The number of nitrogens with one attached hydrogen (secondary N) is 1. The van der Waals surface area contributed by atoms with Crippen molar-refractivity contribution in [1.29, 1.82) is 0 Å². The highest BCUT2D eigenvalue weighted by molar-refractivity contribution is 9.11. The summed E-state index contributed by atoms with van der Waals surface area (Å²) < 4.78 is 1.64. The lowest BCUT2D eigenvalue weighted by Gasteiger charge is -2.07. The first-order valence-corrected chi connectivity index (χ1v) is 5.57. The van der Waals surface area contributed by atoms with Gasteiger partial charge in [-0.3, -0.25) is 4.79 Å². The maximum Gasteiger partial charge on any atom is 0.239 e. The molecule has 70 valence electrons. The third kappa shape index (κ3) is 2.97. The third-order valence-corrected chi connectivity index (χ3v) is 2.91. The van der Waals surface area contributed by atoms with Gasteiger partial charge in [0.25, 0.3) is 0 Å². The molecule has 5 heteroatoms. The van der Waals surface area contributed by atoms with Crippen molar-refractivity contribution >= 4 is 55.1 Å². The van der Waals surface area contributed by atoms with Gasteiger partial charge in [0.2, 0.25) is 5.91 Å². The van der Waals surface area contributed by atoms with Crippen LogP contribution in [-0.2, 0) is 4.79 Å². The first kappa shape index (κ1) is 11.0. The van der Waals surface area contributed by atoms with E-state index in [4.69, 9.17) is 11.6 Å². The molecular formula is C8H6Br2ClNO. The molecule has 0 aliphatic heterocycles. The molecule has 0 fully saturated rings. The number of rotatable bonds is 2. The quantitative estimate of drug-likeness (QED) is 0.829. The molecule has 0 bridgehead atoms. The molecule has 0 aliphatic carbocycles. The Balaban J connectivity index is 2.93. The summed E-state index contributed by atoms with van der Waals surface area (Å²) in [5.74, 6) is -0.275. The van der Waals surface area contributed by atoms with E-state index in [0.717, 1.165) is 8.95 Å². The number of benzene rings is 1. The normalized spacial score (nSPS) is 9.77. The Morgan fingerprint density at radius 1 is 1.38 bits per heavy atom. The minimum absolute atomic E-state index is 0.0478. The van der Waals surface area contributed by atoms with Gasteiger partial charge >= 0.3 is 0 Å². The molecule has 1 aromatic carbocycles. The molecule has 2 nitrogen and oxygen atoms in total. The molecule has 0 atom stereocenters. The second-order valence-corrected chi connectivity index (χ2v) is 4.25. The van der Waals surface area contributed by atoms with E-state index in [2.05, 4.69) is 37.2 Å². The van der Waals surface area contributed by atoms with Crippen molar-refractivity contribution in [2.24, 2.45) is 0 Å². The Morgan fingerprint density at radius 3 is 2.38 bits per heavy atom. The van der Waals surface area contributed by atoms with E-state index in [1.807, 2.05) is 18.2 Å². The highest BCUT2D eigenvalue weighted by Gasteiger charge is 2.07. The standard InChI is InChI=1S/C8H6Br2ClNO/c9-5-2-1-3-6(10)8(5)12-7(13)4-11/h1-3H,4H2,(H,12,13). The zero-order chi connectivity index (χ0) is 9.84. The highest BCUT2D eigenvalue weighted by Crippen LogP contribution is 2.30. The van der Waals surface area contributed by atoms with Gasteiger partial charge in [-0.1, -0.05) is 6.07 Å². The van der Waals surface area contributed by atoms with Crippen molar-refractivity contribution in [3.63, 3.8) is 0 Å². The SMILES string of the molecule is O=C(CCl)Nc1c(Br)cccc1Br. The summed E-state index contributed by atoms with van der Waals surface area (Å²) in [5, 5.41) is 2.66. The van der Waals surface area contributed by atoms with Crippen LogP contribution >= 0.6 is 43.5 Å². The minimum Gasteiger partial charge on any atom is -0.323 e. The van der Waals surface area contributed by atoms with Crippen molar-refractivity contribution in [2.45, 2.75) is 0 Å². The van der Waals surface area contributed by atoms with Crippen LogP contribution in [0.3, 0.4) is 0 Å². The first-order chi connectivity index (χ1) is 6.15. The van der Waals surface area contributed by atoms with Crippen molar-refractivity contribution < 1.29 is 4.79 Å². The molecule has 0 aliphatic rings. The van der Waals surface area contributed by atoms with E-state index < -0.39 is 0 Å². The van der Waals surface area contributed by atoms with Crippen LogP contribution < -0.4 is 5.32 Å². The van der Waals surface area contributed by atoms with Crippen LogP contribution in [0.5, 0.6) is 0 Å². The fourth-order valence-corrected chi connectivity index (χ4v) is 2.05. The molecule has 0 unspecified atom stereocenters. The fourth-order valence-electron chi connectivity index (χ4n) is 0.790. The predicted molar refractivity (Wildman–Crippen MR) is 61.2 cm³/mol. The van der Waals surface area contributed by atoms with Crippen molar-refractivity contribution in [3.05, 3.63) is 27.1 Å². The largest absolute Gasteiger partial charge is 0.323 e. The smallest absolute Gasteiger partial charge is 0.239 e. The summed E-state index contributed by atoms with van der Waals surface area (Å²) >= 11 is 12.0. The topological polar surface area (TPSA) is 29.1 Å². The van der Waals surface area contributed by atoms with Crippen LogP contribution in [0.25, 0.3) is 0 Å². The fraction of sp³-hybridized carbons (Fsp3) is 0.125. The number of para-hydroxylation sites is 1. The summed E-state index contributed by atoms with van der Waals surface area (Å²) in [4.78, 5) is 11.0. The van der Waals surface area contributed by atoms with Crippen molar-refractivity contribution in [1.82, 2.24) is 0 Å². The second-order valence-electron chi connectivity index (χ2n) is 2.28. The average Bonchev–Trinajstić information content (AvgIpc) is 2.11. The Labute approximate surface area is 97.9 Å². The van der Waals surface area contributed by atoms with E-state index >= 15 is 0 Å². The van der Waals surface area contributed by atoms with Crippen LogP contribution in [0, 0.1) is 0 Å². The van der Waals surface area contributed by atoms with Gasteiger partial charge in [-0.05, 0) is 44.0 Å². The van der Waals surface area contributed by atoms with Gasteiger partial charge in [0.15, 0.2) is 0 Å². The van der Waals surface area contributed by atoms with Crippen LogP contribution in [0.15, 0.2) is 27.1 Å². The van der Waals surface area contributed by atoms with Gasteiger partial charge < -0.3 is 5.32 Å². The summed E-state index contributed by atoms with van der Waals surface area (Å²) in [6, 6.07) is 5.55.